The van der Waals surface area contributed by atoms with Crippen molar-refractivity contribution in [2.24, 2.45) is 5.92 Å². The highest BCUT2D eigenvalue weighted by Crippen LogP contribution is 2.33. The van der Waals surface area contributed by atoms with E-state index in [1.54, 1.807) is 0 Å². The molecule has 0 saturated carbocycles. The standard InChI is InChI=1S/C12H17ClN2/c1-8-5-9(2)15(7-8)12-4-3-10(13)6-11(12)14/h3-4,6,8-9H,5,7,14H2,1-2H3. The van der Waals surface area contributed by atoms with E-state index in [4.69, 9.17) is 17.3 Å². The number of nitrogens with zero attached hydrogens (tertiary/aromatic N) is 1. The number of benzene rings is 1. The highest BCUT2D eigenvalue weighted by molar-refractivity contribution is 6.31. The lowest BCUT2D eigenvalue weighted by Gasteiger charge is -2.25. The summed E-state index contributed by atoms with van der Waals surface area (Å²) < 4.78 is 0. The maximum atomic E-state index is 5.98. The molecule has 1 aromatic rings. The van der Waals surface area contributed by atoms with Gasteiger partial charge in [-0.05, 0) is 37.5 Å². The summed E-state index contributed by atoms with van der Waals surface area (Å²) in [6, 6.07) is 6.32. The van der Waals surface area contributed by atoms with E-state index >= 15 is 0 Å². The van der Waals surface area contributed by atoms with E-state index in [0.29, 0.717) is 11.1 Å². The van der Waals surface area contributed by atoms with Gasteiger partial charge in [0, 0.05) is 17.6 Å². The van der Waals surface area contributed by atoms with Crippen LogP contribution in [0.3, 0.4) is 0 Å². The van der Waals surface area contributed by atoms with E-state index in [2.05, 4.69) is 18.7 Å². The van der Waals surface area contributed by atoms with E-state index in [-0.39, 0.29) is 0 Å². The average molecular weight is 225 g/mol. The molecule has 2 rings (SSSR count). The van der Waals surface area contributed by atoms with E-state index < -0.39 is 0 Å². The van der Waals surface area contributed by atoms with Crippen LogP contribution in [0, 0.1) is 5.92 Å². The Kier molecular flexibility index (Phi) is 2.79. The second kappa shape index (κ2) is 3.93. The summed E-state index contributed by atoms with van der Waals surface area (Å²) in [4.78, 5) is 2.37. The van der Waals surface area contributed by atoms with Gasteiger partial charge in [0.15, 0.2) is 0 Å². The molecule has 1 aliphatic heterocycles. The number of anilines is 2. The molecule has 0 aliphatic carbocycles. The van der Waals surface area contributed by atoms with Crippen LogP contribution < -0.4 is 10.6 Å². The van der Waals surface area contributed by atoms with Gasteiger partial charge in [-0.15, -0.1) is 0 Å². The molecule has 1 fully saturated rings. The summed E-state index contributed by atoms with van der Waals surface area (Å²) in [7, 11) is 0. The monoisotopic (exact) mass is 224 g/mol. The lowest BCUT2D eigenvalue weighted by Crippen LogP contribution is -2.27. The minimum Gasteiger partial charge on any atom is -0.397 e. The maximum absolute atomic E-state index is 5.98. The number of nitrogen functional groups attached to an aromatic ring is 1. The fraction of sp³-hybridized carbons (Fsp3) is 0.500. The summed E-state index contributed by atoms with van der Waals surface area (Å²) in [6.45, 7) is 5.62. The molecule has 0 bridgehead atoms. The quantitative estimate of drug-likeness (QED) is 0.743. The molecule has 1 heterocycles. The Labute approximate surface area is 96.0 Å². The van der Waals surface area contributed by atoms with Gasteiger partial charge in [-0.2, -0.15) is 0 Å². The average Bonchev–Trinajstić information content (AvgIpc) is 2.45. The highest BCUT2D eigenvalue weighted by atomic mass is 35.5. The van der Waals surface area contributed by atoms with Gasteiger partial charge in [0.25, 0.3) is 0 Å². The Morgan fingerprint density at radius 1 is 1.40 bits per heavy atom. The molecule has 2 N–H and O–H groups in total. The van der Waals surface area contributed by atoms with Gasteiger partial charge in [0.05, 0.1) is 11.4 Å². The van der Waals surface area contributed by atoms with Crippen molar-refractivity contribution < 1.29 is 0 Å². The van der Waals surface area contributed by atoms with Crippen LogP contribution in [0.4, 0.5) is 11.4 Å². The first-order chi connectivity index (χ1) is 7.08. The maximum Gasteiger partial charge on any atom is 0.0603 e. The van der Waals surface area contributed by atoms with E-state index in [0.717, 1.165) is 23.8 Å². The zero-order valence-electron chi connectivity index (χ0n) is 9.20. The Balaban J connectivity index is 2.29. The largest absolute Gasteiger partial charge is 0.397 e. The molecule has 2 unspecified atom stereocenters. The van der Waals surface area contributed by atoms with Crippen molar-refractivity contribution in [2.45, 2.75) is 26.3 Å². The predicted molar refractivity (Wildman–Crippen MR) is 66.5 cm³/mol. The topological polar surface area (TPSA) is 29.3 Å². The minimum atomic E-state index is 0.573. The zero-order valence-corrected chi connectivity index (χ0v) is 9.96. The van der Waals surface area contributed by atoms with Crippen LogP contribution in [0.1, 0.15) is 20.3 Å². The number of rotatable bonds is 1. The fourth-order valence-corrected chi connectivity index (χ4v) is 2.60. The van der Waals surface area contributed by atoms with Gasteiger partial charge in [0.2, 0.25) is 0 Å². The van der Waals surface area contributed by atoms with Gasteiger partial charge < -0.3 is 10.6 Å². The molecule has 1 saturated heterocycles. The Bertz CT molecular complexity index is 365. The Hall–Kier alpha value is -0.890. The third-order valence-electron chi connectivity index (χ3n) is 3.08. The van der Waals surface area contributed by atoms with Gasteiger partial charge >= 0.3 is 0 Å². The summed E-state index contributed by atoms with van der Waals surface area (Å²) in [6.07, 6.45) is 1.24. The van der Waals surface area contributed by atoms with Crippen LogP contribution >= 0.6 is 11.6 Å². The minimum absolute atomic E-state index is 0.573. The first-order valence-corrected chi connectivity index (χ1v) is 5.77. The molecule has 3 heteroatoms. The second-order valence-electron chi connectivity index (χ2n) is 4.55. The van der Waals surface area contributed by atoms with Crippen molar-refractivity contribution >= 4 is 23.0 Å². The zero-order chi connectivity index (χ0) is 11.0. The van der Waals surface area contributed by atoms with Crippen molar-refractivity contribution in [2.75, 3.05) is 17.2 Å². The SMILES string of the molecule is CC1CC(C)N(c2ccc(Cl)cc2N)C1. The van der Waals surface area contributed by atoms with Crippen molar-refractivity contribution in [3.8, 4) is 0 Å². The molecule has 2 atom stereocenters. The van der Waals surface area contributed by atoms with Gasteiger partial charge in [0.1, 0.15) is 0 Å². The van der Waals surface area contributed by atoms with Crippen molar-refractivity contribution in [1.82, 2.24) is 0 Å². The summed E-state index contributed by atoms with van der Waals surface area (Å²) >= 11 is 5.89. The lowest BCUT2D eigenvalue weighted by atomic mass is 10.1. The molecule has 0 aromatic heterocycles. The number of nitrogens with two attached hydrogens (primary N) is 1. The lowest BCUT2D eigenvalue weighted by molar-refractivity contribution is 0.625. The van der Waals surface area contributed by atoms with E-state index in [9.17, 15) is 0 Å². The van der Waals surface area contributed by atoms with Crippen LogP contribution in [0.2, 0.25) is 5.02 Å². The molecule has 0 radical (unpaired) electrons. The van der Waals surface area contributed by atoms with Crippen molar-refractivity contribution in [3.05, 3.63) is 23.2 Å². The highest BCUT2D eigenvalue weighted by Gasteiger charge is 2.27. The fourth-order valence-electron chi connectivity index (χ4n) is 2.42. The predicted octanol–water partition coefficient (Wildman–Crippen LogP) is 3.16. The number of hydrogen-bond donors (Lipinski definition) is 1. The molecule has 0 amide bonds. The van der Waals surface area contributed by atoms with Crippen molar-refractivity contribution in [1.29, 1.82) is 0 Å². The molecule has 82 valence electrons. The van der Waals surface area contributed by atoms with Gasteiger partial charge in [-0.3, -0.25) is 0 Å². The third kappa shape index (κ3) is 2.05. The molecule has 1 aromatic carbocycles. The van der Waals surface area contributed by atoms with Crippen LogP contribution in [0.25, 0.3) is 0 Å². The van der Waals surface area contributed by atoms with Crippen LogP contribution in [-0.4, -0.2) is 12.6 Å². The molecular weight excluding hydrogens is 208 g/mol. The molecule has 0 spiro atoms. The van der Waals surface area contributed by atoms with E-state index in [1.165, 1.54) is 6.42 Å². The van der Waals surface area contributed by atoms with E-state index in [1.807, 2.05) is 18.2 Å². The Morgan fingerprint density at radius 2 is 2.13 bits per heavy atom. The molecular formula is C12H17ClN2. The Morgan fingerprint density at radius 3 is 2.67 bits per heavy atom. The van der Waals surface area contributed by atoms with Crippen LogP contribution in [0.5, 0.6) is 0 Å². The summed E-state index contributed by atoms with van der Waals surface area (Å²) in [5, 5.41) is 0.705. The normalized spacial score (nSPS) is 25.9. The molecule has 1 aliphatic rings. The summed E-state index contributed by atoms with van der Waals surface area (Å²) in [5.41, 5.74) is 7.89. The first-order valence-electron chi connectivity index (χ1n) is 5.39. The smallest absolute Gasteiger partial charge is 0.0603 e. The van der Waals surface area contributed by atoms with Gasteiger partial charge in [-0.1, -0.05) is 18.5 Å². The summed E-state index contributed by atoms with van der Waals surface area (Å²) in [5.74, 6) is 0.745. The first kappa shape index (κ1) is 10.6. The number of hydrogen-bond acceptors (Lipinski definition) is 2. The molecule has 2 nitrogen and oxygen atoms in total. The van der Waals surface area contributed by atoms with Crippen LogP contribution in [0.15, 0.2) is 18.2 Å². The second-order valence-corrected chi connectivity index (χ2v) is 4.98. The van der Waals surface area contributed by atoms with Gasteiger partial charge in [-0.25, -0.2) is 0 Å². The van der Waals surface area contributed by atoms with Crippen molar-refractivity contribution in [3.63, 3.8) is 0 Å². The third-order valence-corrected chi connectivity index (χ3v) is 3.32. The number of halogens is 1. The molecule has 15 heavy (non-hydrogen) atoms. The van der Waals surface area contributed by atoms with Crippen LogP contribution in [-0.2, 0) is 0 Å².